The molecule has 0 spiro atoms. The normalized spacial score (nSPS) is 12.2. The Kier molecular flexibility index (Phi) is 3.98. The van der Waals surface area contributed by atoms with Crippen molar-refractivity contribution in [1.82, 2.24) is 4.98 Å². The Balaban J connectivity index is 2.54. The summed E-state index contributed by atoms with van der Waals surface area (Å²) in [6.45, 7) is 0. The Bertz CT molecular complexity index is 633. The van der Waals surface area contributed by atoms with Crippen molar-refractivity contribution in [2.45, 2.75) is 6.18 Å². The van der Waals surface area contributed by atoms with Crippen LogP contribution in [0.4, 0.5) is 13.2 Å². The third-order valence-corrected chi connectivity index (χ3v) is 2.68. The van der Waals surface area contributed by atoms with E-state index in [2.05, 4.69) is 4.98 Å². The highest BCUT2D eigenvalue weighted by Crippen LogP contribution is 2.34. The summed E-state index contributed by atoms with van der Waals surface area (Å²) >= 11 is 0. The molecule has 0 radical (unpaired) electrons. The van der Waals surface area contributed by atoms with Crippen molar-refractivity contribution >= 4 is 17.9 Å². The zero-order valence-electron chi connectivity index (χ0n) is 10.3. The van der Waals surface area contributed by atoms with Crippen LogP contribution in [0.15, 0.2) is 48.8 Å². The summed E-state index contributed by atoms with van der Waals surface area (Å²) in [6, 6.07) is 8.29. The van der Waals surface area contributed by atoms with Gasteiger partial charge in [-0.25, -0.2) is 0 Å². The lowest BCUT2D eigenvalue weighted by Crippen LogP contribution is -2.08. The predicted octanol–water partition coefficient (Wildman–Crippen LogP) is 3.84. The lowest BCUT2D eigenvalue weighted by molar-refractivity contribution is -0.137. The van der Waals surface area contributed by atoms with E-state index in [0.29, 0.717) is 11.8 Å². The molecule has 2 aromatic rings. The van der Waals surface area contributed by atoms with Crippen LogP contribution in [0.1, 0.15) is 16.7 Å². The lowest BCUT2D eigenvalue weighted by atomic mass is 9.98. The van der Waals surface area contributed by atoms with Crippen LogP contribution >= 0.6 is 0 Å². The molecule has 1 aromatic heterocycles. The van der Waals surface area contributed by atoms with E-state index in [1.165, 1.54) is 30.5 Å². The van der Waals surface area contributed by atoms with Crippen LogP contribution in [0.3, 0.4) is 0 Å². The number of rotatable bonds is 3. The summed E-state index contributed by atoms with van der Waals surface area (Å²) in [7, 11) is 0. The predicted molar refractivity (Wildman–Crippen MR) is 69.6 cm³/mol. The summed E-state index contributed by atoms with van der Waals surface area (Å²) in [5.74, 6) is 0. The number of halogens is 3. The molecule has 0 aliphatic rings. The van der Waals surface area contributed by atoms with Gasteiger partial charge >= 0.3 is 6.18 Å². The molecule has 0 atom stereocenters. The number of hydrogen-bond acceptors (Lipinski definition) is 2. The number of allylic oxidation sites excluding steroid dienone is 1. The van der Waals surface area contributed by atoms with Crippen molar-refractivity contribution in [3.8, 4) is 0 Å². The van der Waals surface area contributed by atoms with Crippen molar-refractivity contribution in [2.24, 2.45) is 0 Å². The highest BCUT2D eigenvalue weighted by atomic mass is 19.4. The van der Waals surface area contributed by atoms with Crippen molar-refractivity contribution in [1.29, 1.82) is 0 Å². The van der Waals surface area contributed by atoms with Crippen molar-refractivity contribution in [3.63, 3.8) is 0 Å². The Labute approximate surface area is 113 Å². The van der Waals surface area contributed by atoms with Gasteiger partial charge in [-0.3, -0.25) is 9.78 Å². The van der Waals surface area contributed by atoms with Gasteiger partial charge in [-0.05, 0) is 29.3 Å². The molecule has 0 amide bonds. The van der Waals surface area contributed by atoms with Crippen LogP contribution in [-0.4, -0.2) is 11.3 Å². The number of aldehydes is 1. The van der Waals surface area contributed by atoms with E-state index in [0.717, 1.165) is 6.07 Å². The first-order chi connectivity index (χ1) is 9.52. The molecule has 102 valence electrons. The van der Waals surface area contributed by atoms with Crippen molar-refractivity contribution in [3.05, 3.63) is 65.5 Å². The average molecular weight is 277 g/mol. The number of hydrogen-bond donors (Lipinski definition) is 0. The molecule has 20 heavy (non-hydrogen) atoms. The van der Waals surface area contributed by atoms with Crippen LogP contribution in [0.25, 0.3) is 11.6 Å². The van der Waals surface area contributed by atoms with E-state index in [1.54, 1.807) is 18.3 Å². The van der Waals surface area contributed by atoms with Gasteiger partial charge in [-0.1, -0.05) is 24.3 Å². The molecule has 2 rings (SSSR count). The van der Waals surface area contributed by atoms with E-state index in [1.807, 2.05) is 0 Å². The molecular formula is C15H10F3NO. The lowest BCUT2D eigenvalue weighted by Gasteiger charge is -2.12. The summed E-state index contributed by atoms with van der Waals surface area (Å²) in [4.78, 5) is 15.0. The van der Waals surface area contributed by atoms with E-state index in [9.17, 15) is 18.0 Å². The van der Waals surface area contributed by atoms with Crippen molar-refractivity contribution < 1.29 is 18.0 Å². The van der Waals surface area contributed by atoms with E-state index < -0.39 is 11.7 Å². The molecule has 0 unspecified atom stereocenters. The minimum Gasteiger partial charge on any atom is -0.298 e. The number of aromatic nitrogens is 1. The van der Waals surface area contributed by atoms with Gasteiger partial charge in [-0.15, -0.1) is 0 Å². The first-order valence-corrected chi connectivity index (χ1v) is 5.76. The van der Waals surface area contributed by atoms with Gasteiger partial charge in [0.05, 0.1) is 5.56 Å². The highest BCUT2D eigenvalue weighted by molar-refractivity contribution is 6.13. The minimum absolute atomic E-state index is 0.0362. The quantitative estimate of drug-likeness (QED) is 0.630. The zero-order chi connectivity index (χ0) is 14.6. The molecule has 5 heteroatoms. The zero-order valence-corrected chi connectivity index (χ0v) is 10.3. The molecular weight excluding hydrogens is 267 g/mol. The Morgan fingerprint density at radius 3 is 2.45 bits per heavy atom. The van der Waals surface area contributed by atoms with Gasteiger partial charge < -0.3 is 0 Å². The largest absolute Gasteiger partial charge is 0.417 e. The SMILES string of the molecule is O=C/C(=C\c1cccnc1)c1ccccc1C(F)(F)F. The Morgan fingerprint density at radius 1 is 1.10 bits per heavy atom. The average Bonchev–Trinajstić information content (AvgIpc) is 2.45. The maximum absolute atomic E-state index is 12.9. The topological polar surface area (TPSA) is 30.0 Å². The molecule has 0 saturated heterocycles. The van der Waals surface area contributed by atoms with Gasteiger partial charge in [0.1, 0.15) is 0 Å². The number of carbonyl (C=O) groups is 1. The van der Waals surface area contributed by atoms with Gasteiger partial charge in [0.25, 0.3) is 0 Å². The third kappa shape index (κ3) is 3.12. The van der Waals surface area contributed by atoms with Gasteiger partial charge in [-0.2, -0.15) is 13.2 Å². The standard InChI is InChI=1S/C15H10F3NO/c16-15(17,18)14-6-2-1-5-13(14)12(10-20)8-11-4-3-7-19-9-11/h1-10H/b12-8+. The maximum Gasteiger partial charge on any atom is 0.417 e. The number of pyridine rings is 1. The molecule has 2 nitrogen and oxygen atoms in total. The fraction of sp³-hybridized carbons (Fsp3) is 0.0667. The molecule has 1 heterocycles. The van der Waals surface area contributed by atoms with Crippen molar-refractivity contribution in [2.75, 3.05) is 0 Å². The second kappa shape index (κ2) is 5.69. The van der Waals surface area contributed by atoms with E-state index in [-0.39, 0.29) is 11.1 Å². The number of benzene rings is 1. The highest BCUT2D eigenvalue weighted by Gasteiger charge is 2.33. The monoisotopic (exact) mass is 277 g/mol. The first-order valence-electron chi connectivity index (χ1n) is 5.76. The van der Waals surface area contributed by atoms with Crippen LogP contribution in [0.2, 0.25) is 0 Å². The molecule has 0 bridgehead atoms. The van der Waals surface area contributed by atoms with E-state index in [4.69, 9.17) is 0 Å². The number of alkyl halides is 3. The molecule has 0 N–H and O–H groups in total. The van der Waals surface area contributed by atoms with Gasteiger partial charge in [0.15, 0.2) is 6.29 Å². The summed E-state index contributed by atoms with van der Waals surface area (Å²) < 4.78 is 38.8. The summed E-state index contributed by atoms with van der Waals surface area (Å²) in [6.07, 6.45) is 0.303. The van der Waals surface area contributed by atoms with Crippen LogP contribution in [0.5, 0.6) is 0 Å². The van der Waals surface area contributed by atoms with Crippen LogP contribution < -0.4 is 0 Å². The number of carbonyl (C=O) groups excluding carboxylic acids is 1. The summed E-state index contributed by atoms with van der Waals surface area (Å²) in [5.41, 5.74) is -0.446. The van der Waals surface area contributed by atoms with Gasteiger partial charge in [0.2, 0.25) is 0 Å². The molecule has 0 fully saturated rings. The van der Waals surface area contributed by atoms with Crippen LogP contribution in [-0.2, 0) is 11.0 Å². The Morgan fingerprint density at radius 2 is 1.85 bits per heavy atom. The molecule has 0 aliphatic heterocycles. The third-order valence-electron chi connectivity index (χ3n) is 2.68. The second-order valence-corrected chi connectivity index (χ2v) is 4.05. The number of nitrogens with zero attached hydrogens (tertiary/aromatic N) is 1. The Hall–Kier alpha value is -2.43. The smallest absolute Gasteiger partial charge is 0.298 e. The molecule has 1 aromatic carbocycles. The fourth-order valence-electron chi connectivity index (χ4n) is 1.80. The van der Waals surface area contributed by atoms with Gasteiger partial charge in [0, 0.05) is 18.0 Å². The first kappa shape index (κ1) is 14.0. The fourth-order valence-corrected chi connectivity index (χ4v) is 1.80. The summed E-state index contributed by atoms with van der Waals surface area (Å²) in [5, 5.41) is 0. The second-order valence-electron chi connectivity index (χ2n) is 4.05. The maximum atomic E-state index is 12.9. The molecule has 0 aliphatic carbocycles. The minimum atomic E-state index is -4.51. The van der Waals surface area contributed by atoms with Crippen LogP contribution in [0, 0.1) is 0 Å². The molecule has 0 saturated carbocycles. The van der Waals surface area contributed by atoms with E-state index >= 15 is 0 Å².